The van der Waals surface area contributed by atoms with Crippen LogP contribution in [-0.4, -0.2) is 5.11 Å². The lowest BCUT2D eigenvalue weighted by atomic mass is 10.0. The van der Waals surface area contributed by atoms with Crippen molar-refractivity contribution in [3.8, 4) is 5.75 Å². The van der Waals surface area contributed by atoms with E-state index in [-0.39, 0.29) is 5.75 Å². The summed E-state index contributed by atoms with van der Waals surface area (Å²) in [6, 6.07) is 18.8. The normalized spacial score (nSPS) is 10.8. The van der Waals surface area contributed by atoms with Crippen LogP contribution in [0.25, 0.3) is 0 Å². The fraction of sp³-hybridized carbons (Fsp3) is 0.100. The molecule has 0 saturated heterocycles. The molecule has 3 aromatic rings. The van der Waals surface area contributed by atoms with Crippen LogP contribution in [0.5, 0.6) is 5.75 Å². The molecule has 5 heteroatoms. The molecule has 0 fully saturated rings. The Hall–Kier alpha value is -1.49. The molecule has 3 rings (SSSR count). The number of hydrogen-bond acceptors (Lipinski definition) is 2. The smallest absolute Gasteiger partial charge is 0.166 e. The number of hydrogen-bond donors (Lipinski definition) is 1. The third kappa shape index (κ3) is 4.78. The lowest BCUT2D eigenvalue weighted by Gasteiger charge is -2.11. The van der Waals surface area contributed by atoms with Crippen LogP contribution in [0.3, 0.4) is 0 Å². The molecular weight excluding hydrogens is 423 g/mol. The second-order valence-electron chi connectivity index (χ2n) is 5.56. The van der Waals surface area contributed by atoms with Crippen LogP contribution in [0.1, 0.15) is 11.1 Å². The van der Waals surface area contributed by atoms with E-state index >= 15 is 0 Å². The summed E-state index contributed by atoms with van der Waals surface area (Å²) in [5, 5.41) is 10.6. The van der Waals surface area contributed by atoms with Crippen molar-refractivity contribution in [2.45, 2.75) is 22.6 Å². The van der Waals surface area contributed by atoms with Gasteiger partial charge in [0.05, 0.1) is 0 Å². The Morgan fingerprint density at radius 2 is 1.64 bits per heavy atom. The SMILES string of the molecule is Oc1c(F)cc(Br)cc1CCc1ccccc1Sc1ccc(Cl)cc1. The second-order valence-corrected chi connectivity index (χ2v) is 8.03. The van der Waals surface area contributed by atoms with Gasteiger partial charge in [-0.05, 0) is 66.4 Å². The van der Waals surface area contributed by atoms with Gasteiger partial charge in [-0.25, -0.2) is 4.39 Å². The zero-order chi connectivity index (χ0) is 17.8. The number of phenolic OH excluding ortho intramolecular Hbond substituents is 1. The van der Waals surface area contributed by atoms with Crippen molar-refractivity contribution in [1.29, 1.82) is 0 Å². The molecule has 3 aromatic carbocycles. The molecule has 0 spiro atoms. The van der Waals surface area contributed by atoms with Crippen molar-refractivity contribution in [1.82, 2.24) is 0 Å². The van der Waals surface area contributed by atoms with Crippen molar-refractivity contribution in [2.24, 2.45) is 0 Å². The van der Waals surface area contributed by atoms with E-state index in [9.17, 15) is 9.50 Å². The Morgan fingerprint density at radius 1 is 0.960 bits per heavy atom. The minimum atomic E-state index is -0.604. The van der Waals surface area contributed by atoms with E-state index in [4.69, 9.17) is 11.6 Å². The summed E-state index contributed by atoms with van der Waals surface area (Å²) in [6.07, 6.45) is 1.26. The molecule has 0 saturated carbocycles. The maximum absolute atomic E-state index is 13.7. The van der Waals surface area contributed by atoms with Gasteiger partial charge in [0, 0.05) is 19.3 Å². The average molecular weight is 438 g/mol. The van der Waals surface area contributed by atoms with Crippen LogP contribution in [-0.2, 0) is 12.8 Å². The van der Waals surface area contributed by atoms with Crippen LogP contribution in [0, 0.1) is 5.82 Å². The molecule has 128 valence electrons. The topological polar surface area (TPSA) is 20.2 Å². The van der Waals surface area contributed by atoms with E-state index in [1.54, 1.807) is 17.8 Å². The van der Waals surface area contributed by atoms with Crippen LogP contribution in [0.2, 0.25) is 5.02 Å². The highest BCUT2D eigenvalue weighted by Gasteiger charge is 2.11. The van der Waals surface area contributed by atoms with Crippen molar-refractivity contribution < 1.29 is 9.50 Å². The molecule has 0 heterocycles. The number of benzene rings is 3. The predicted octanol–water partition coefficient (Wildman–Crippen LogP) is 6.88. The van der Waals surface area contributed by atoms with Crippen LogP contribution in [0.4, 0.5) is 4.39 Å². The maximum Gasteiger partial charge on any atom is 0.166 e. The lowest BCUT2D eigenvalue weighted by Crippen LogP contribution is -1.95. The largest absolute Gasteiger partial charge is 0.505 e. The van der Waals surface area contributed by atoms with Crippen LogP contribution in [0.15, 0.2) is 74.9 Å². The molecule has 1 nitrogen and oxygen atoms in total. The fourth-order valence-corrected chi connectivity index (χ4v) is 4.10. The Labute approximate surface area is 164 Å². The summed E-state index contributed by atoms with van der Waals surface area (Å²) < 4.78 is 14.3. The minimum absolute atomic E-state index is 0.272. The van der Waals surface area contributed by atoms with Gasteiger partial charge in [-0.3, -0.25) is 0 Å². The summed E-state index contributed by atoms with van der Waals surface area (Å²) >= 11 is 10.9. The summed E-state index contributed by atoms with van der Waals surface area (Å²) in [5.41, 5.74) is 1.75. The van der Waals surface area contributed by atoms with Gasteiger partial charge >= 0.3 is 0 Å². The van der Waals surface area contributed by atoms with Crippen molar-refractivity contribution >= 4 is 39.3 Å². The van der Waals surface area contributed by atoms with Gasteiger partial charge in [0.25, 0.3) is 0 Å². The molecule has 0 aromatic heterocycles. The van der Waals surface area contributed by atoms with E-state index in [2.05, 4.69) is 28.1 Å². The van der Waals surface area contributed by atoms with E-state index in [1.165, 1.54) is 6.07 Å². The highest BCUT2D eigenvalue weighted by molar-refractivity contribution is 9.10. The van der Waals surface area contributed by atoms with Crippen LogP contribution >= 0.6 is 39.3 Å². The third-order valence-electron chi connectivity index (χ3n) is 3.78. The van der Waals surface area contributed by atoms with Crippen molar-refractivity contribution in [3.63, 3.8) is 0 Å². The summed E-state index contributed by atoms with van der Waals surface area (Å²) in [4.78, 5) is 2.24. The van der Waals surface area contributed by atoms with Gasteiger partial charge in [-0.15, -0.1) is 0 Å². The van der Waals surface area contributed by atoms with Gasteiger partial charge in [0.2, 0.25) is 0 Å². The Kier molecular flexibility index (Phi) is 6.05. The predicted molar refractivity (Wildman–Crippen MR) is 105 cm³/mol. The Bertz CT molecular complexity index is 883. The van der Waals surface area contributed by atoms with E-state index in [0.717, 1.165) is 15.4 Å². The first-order valence-corrected chi connectivity index (χ1v) is 9.70. The number of rotatable bonds is 5. The molecule has 0 atom stereocenters. The quantitative estimate of drug-likeness (QED) is 0.469. The van der Waals surface area contributed by atoms with Gasteiger partial charge in [-0.1, -0.05) is 57.5 Å². The highest BCUT2D eigenvalue weighted by atomic mass is 79.9. The summed E-state index contributed by atoms with van der Waals surface area (Å²) in [5.74, 6) is -0.876. The first-order valence-electron chi connectivity index (χ1n) is 7.71. The fourth-order valence-electron chi connectivity index (χ4n) is 2.52. The number of aryl methyl sites for hydroxylation is 2. The Morgan fingerprint density at radius 3 is 2.40 bits per heavy atom. The molecule has 0 bridgehead atoms. The number of halogens is 3. The molecule has 0 radical (unpaired) electrons. The minimum Gasteiger partial charge on any atom is -0.505 e. The molecule has 0 aliphatic heterocycles. The molecule has 0 amide bonds. The van der Waals surface area contributed by atoms with Gasteiger partial charge < -0.3 is 5.11 Å². The zero-order valence-electron chi connectivity index (χ0n) is 13.2. The maximum atomic E-state index is 13.7. The summed E-state index contributed by atoms with van der Waals surface area (Å²) in [7, 11) is 0. The van der Waals surface area contributed by atoms with Crippen LogP contribution < -0.4 is 0 Å². The van der Waals surface area contributed by atoms with Gasteiger partial charge in [0.1, 0.15) is 0 Å². The first kappa shape index (κ1) is 18.3. The first-order chi connectivity index (χ1) is 12.0. The van der Waals surface area contributed by atoms with Gasteiger partial charge in [-0.2, -0.15) is 0 Å². The number of aromatic hydroxyl groups is 1. The van der Waals surface area contributed by atoms with Crippen molar-refractivity contribution in [2.75, 3.05) is 0 Å². The van der Waals surface area contributed by atoms with E-state index < -0.39 is 5.82 Å². The molecule has 0 unspecified atom stereocenters. The molecule has 1 N–H and O–H groups in total. The van der Waals surface area contributed by atoms with Gasteiger partial charge in [0.15, 0.2) is 11.6 Å². The molecule has 25 heavy (non-hydrogen) atoms. The van der Waals surface area contributed by atoms with E-state index in [1.807, 2.05) is 36.4 Å². The average Bonchev–Trinajstić information content (AvgIpc) is 2.60. The standard InChI is InChI=1S/C20H15BrClFOS/c21-15-11-14(20(24)18(23)12-15)6-5-13-3-1-2-4-19(13)25-17-9-7-16(22)8-10-17/h1-4,7-12,24H,5-6H2. The third-order valence-corrected chi connectivity index (χ3v) is 5.62. The molecule has 0 aliphatic rings. The summed E-state index contributed by atoms with van der Waals surface area (Å²) in [6.45, 7) is 0. The zero-order valence-corrected chi connectivity index (χ0v) is 16.3. The van der Waals surface area contributed by atoms with E-state index in [0.29, 0.717) is 27.9 Å². The number of phenols is 1. The lowest BCUT2D eigenvalue weighted by molar-refractivity contribution is 0.425. The monoisotopic (exact) mass is 436 g/mol. The molecular formula is C20H15BrClFOS. The Balaban J connectivity index is 1.78. The van der Waals surface area contributed by atoms with Crippen molar-refractivity contribution in [3.05, 3.63) is 87.1 Å². The highest BCUT2D eigenvalue weighted by Crippen LogP contribution is 2.33. The molecule has 0 aliphatic carbocycles. The second kappa shape index (κ2) is 8.26.